The third-order valence-electron chi connectivity index (χ3n) is 4.48. The molecule has 0 heterocycles. The van der Waals surface area contributed by atoms with Crippen LogP contribution in [0.2, 0.25) is 0 Å². The minimum Gasteiger partial charge on any atom is -0.317 e. The third-order valence-corrected chi connectivity index (χ3v) is 7.24. The van der Waals surface area contributed by atoms with E-state index < -0.39 is 79.9 Å². The van der Waals surface area contributed by atoms with Crippen molar-refractivity contribution in [3.63, 3.8) is 0 Å². The molecule has 0 spiro atoms. The third kappa shape index (κ3) is 4.97. The summed E-state index contributed by atoms with van der Waals surface area (Å²) >= 11 is 0. The van der Waals surface area contributed by atoms with Crippen molar-refractivity contribution in [2.75, 3.05) is 0 Å². The maximum atomic E-state index is 14.2. The summed E-state index contributed by atoms with van der Waals surface area (Å²) in [4.78, 5) is 0. The van der Waals surface area contributed by atoms with Gasteiger partial charge in [-0.25, -0.2) is 0 Å². The van der Waals surface area contributed by atoms with Crippen LogP contribution in [-0.2, 0) is 4.43 Å². The van der Waals surface area contributed by atoms with Crippen LogP contribution in [0.5, 0.6) is 0 Å². The molecule has 1 nitrogen and oxygen atoms in total. The highest BCUT2D eigenvalue weighted by Crippen LogP contribution is 2.66. The van der Waals surface area contributed by atoms with Crippen molar-refractivity contribution in [2.45, 2.75) is 71.3 Å². The Labute approximate surface area is 208 Å². The Morgan fingerprint density at radius 1 is 0.286 bits per heavy atom. The van der Waals surface area contributed by atoms with Gasteiger partial charge in [0.1, 0.15) is 0 Å². The Balaban J connectivity index is 7.76. The quantitative estimate of drug-likeness (QED) is 0.125. The Bertz CT molecular complexity index is 980. The normalized spacial score (nSPS) is 18.3. The topological polar surface area (TPSA) is 9.23 Å². The molecule has 0 N–H and O–H groups in total. The molecule has 1 atom stereocenters. The van der Waals surface area contributed by atoms with Crippen LogP contribution in [0.1, 0.15) is 0 Å². The number of alkyl halides is 27. The number of rotatable bonds is 10. The SMILES string of the molecule is FC(F)(F)C(F)(F)O[Si](F)(C(F)(F)C(F)(F)F)C(F)(F)C(F)(F)C(F)(F)C(F)(F)C(F)(F)C(F)(F)C(F)(F)C(F)(F)F. The van der Waals surface area contributed by atoms with Crippen molar-refractivity contribution < 1.29 is 127 Å². The minimum atomic E-state index is -11.7. The van der Waals surface area contributed by atoms with Crippen molar-refractivity contribution in [3.8, 4) is 0 Å². The lowest BCUT2D eigenvalue weighted by Gasteiger charge is -2.45. The van der Waals surface area contributed by atoms with E-state index in [1.54, 1.807) is 0 Å². The number of halogens is 28. The van der Waals surface area contributed by atoms with E-state index in [9.17, 15) is 123 Å². The number of hydrogen-bond donors (Lipinski definition) is 0. The second-order valence-corrected chi connectivity index (χ2v) is 9.95. The summed E-state index contributed by atoms with van der Waals surface area (Å²) in [6.07, 6.45) is -33.3. The lowest BCUT2D eigenvalue weighted by atomic mass is 9.91. The monoisotopic (exact) mass is 720 g/mol. The fraction of sp³-hybridized carbons (Fsp3) is 1.00. The van der Waals surface area contributed by atoms with Crippen molar-refractivity contribution >= 4 is 8.65 Å². The molecule has 0 saturated heterocycles. The van der Waals surface area contributed by atoms with Crippen LogP contribution in [0.4, 0.5) is 123 Å². The standard InChI is InChI=1S/C12F28OSi/c13-1(14,3(17,18)5(21,22)7(25,26)27)2(15,16)4(19,20)6(23,24)11(36,37)42(40,12(38,39)9(31,32)33)41-10(34,35)8(28,29)30. The molecule has 254 valence electrons. The molecule has 30 heteroatoms. The molecule has 0 bridgehead atoms. The minimum absolute atomic E-state index is 0.823. The number of hydrogen-bond acceptors (Lipinski definition) is 1. The summed E-state index contributed by atoms with van der Waals surface area (Å²) in [5, 5.41) is 0. The van der Waals surface area contributed by atoms with Gasteiger partial charge in [-0.2, -0.15) is 119 Å². The molecule has 0 saturated carbocycles. The molecular weight excluding hydrogens is 720 g/mol. The lowest BCUT2D eigenvalue weighted by molar-refractivity contribution is -0.460. The smallest absolute Gasteiger partial charge is 0.317 e. The summed E-state index contributed by atoms with van der Waals surface area (Å²) in [5.41, 5.74) is -18.8. The van der Waals surface area contributed by atoms with Gasteiger partial charge in [0.15, 0.2) is 0 Å². The second kappa shape index (κ2) is 9.61. The van der Waals surface area contributed by atoms with E-state index in [1.165, 1.54) is 0 Å². The maximum absolute atomic E-state index is 14.2. The molecule has 42 heavy (non-hydrogen) atoms. The van der Waals surface area contributed by atoms with Crippen molar-refractivity contribution in [3.05, 3.63) is 0 Å². The van der Waals surface area contributed by atoms with Crippen molar-refractivity contribution in [1.29, 1.82) is 0 Å². The van der Waals surface area contributed by atoms with E-state index in [-0.39, 0.29) is 0 Å². The largest absolute Gasteiger partial charge is 0.548 e. The van der Waals surface area contributed by atoms with E-state index in [1.807, 2.05) is 0 Å². The highest BCUT2D eigenvalue weighted by Gasteiger charge is 3.01. The van der Waals surface area contributed by atoms with Gasteiger partial charge >= 0.3 is 79.9 Å². The Morgan fingerprint density at radius 2 is 0.548 bits per heavy atom. The lowest BCUT2D eigenvalue weighted by Crippen LogP contribution is -2.81. The van der Waals surface area contributed by atoms with Gasteiger partial charge in [0.05, 0.1) is 0 Å². The van der Waals surface area contributed by atoms with Crippen molar-refractivity contribution in [1.82, 2.24) is 0 Å². The first-order chi connectivity index (χ1) is 17.5. The van der Waals surface area contributed by atoms with Crippen LogP contribution in [0.15, 0.2) is 0 Å². The molecule has 0 aromatic heterocycles. The molecule has 1 unspecified atom stereocenters. The summed E-state index contributed by atoms with van der Waals surface area (Å²) in [7, 11) is -11.7. The van der Waals surface area contributed by atoms with Crippen LogP contribution in [0.3, 0.4) is 0 Å². The summed E-state index contributed by atoms with van der Waals surface area (Å²) in [6.45, 7) is 0. The zero-order chi connectivity index (χ0) is 35.2. The van der Waals surface area contributed by atoms with Gasteiger partial charge in [-0.15, -0.1) is 0 Å². The first-order valence-electron chi connectivity index (χ1n) is 8.45. The molecule has 0 aromatic carbocycles. The average molecular weight is 720 g/mol. The molecule has 0 aliphatic rings. The van der Waals surface area contributed by atoms with E-state index in [4.69, 9.17) is 0 Å². The molecule has 0 aromatic rings. The van der Waals surface area contributed by atoms with Gasteiger partial charge in [-0.05, 0) is 0 Å². The van der Waals surface area contributed by atoms with Crippen LogP contribution >= 0.6 is 0 Å². The van der Waals surface area contributed by atoms with E-state index in [0.29, 0.717) is 0 Å². The van der Waals surface area contributed by atoms with E-state index in [2.05, 4.69) is 0 Å². The summed E-state index contributed by atoms with van der Waals surface area (Å²) < 4.78 is 364. The fourth-order valence-electron chi connectivity index (χ4n) is 2.11. The molecule has 0 radical (unpaired) electrons. The van der Waals surface area contributed by atoms with Crippen molar-refractivity contribution in [2.24, 2.45) is 0 Å². The van der Waals surface area contributed by atoms with Gasteiger partial charge in [0, 0.05) is 0 Å². The predicted octanol–water partition coefficient (Wildman–Crippen LogP) is 8.86. The molecule has 0 aliphatic heterocycles. The molecule has 0 fully saturated rings. The van der Waals surface area contributed by atoms with Gasteiger partial charge in [-0.3, -0.25) is 4.11 Å². The zero-order valence-electron chi connectivity index (χ0n) is 17.5. The van der Waals surface area contributed by atoms with Crippen LogP contribution in [0, 0.1) is 0 Å². The first-order valence-corrected chi connectivity index (χ1v) is 10.2. The summed E-state index contributed by atoms with van der Waals surface area (Å²) in [5.74, 6) is -57.0. The maximum Gasteiger partial charge on any atom is 0.548 e. The van der Waals surface area contributed by atoms with E-state index >= 15 is 0 Å². The Morgan fingerprint density at radius 3 is 0.786 bits per heavy atom. The second-order valence-electron chi connectivity index (χ2n) is 7.30. The highest BCUT2D eigenvalue weighted by molar-refractivity contribution is 6.72. The van der Waals surface area contributed by atoms with Gasteiger partial charge in [0.25, 0.3) is 0 Å². The Hall–Kier alpha value is -1.78. The molecule has 0 rings (SSSR count). The van der Waals surface area contributed by atoms with Crippen LogP contribution < -0.4 is 0 Å². The van der Waals surface area contributed by atoms with E-state index in [0.717, 1.165) is 4.43 Å². The van der Waals surface area contributed by atoms with Gasteiger partial charge in [-0.1, -0.05) is 0 Å². The first kappa shape index (κ1) is 40.2. The zero-order valence-corrected chi connectivity index (χ0v) is 18.5. The molecule has 0 aliphatic carbocycles. The van der Waals surface area contributed by atoms with Crippen LogP contribution in [-0.4, -0.2) is 79.9 Å². The highest BCUT2D eigenvalue weighted by atomic mass is 28.4. The Kier molecular flexibility index (Phi) is 9.20. The van der Waals surface area contributed by atoms with Crippen LogP contribution in [0.25, 0.3) is 0 Å². The average Bonchev–Trinajstić information content (AvgIpc) is 2.69. The predicted molar refractivity (Wildman–Crippen MR) is 70.6 cm³/mol. The molecule has 0 amide bonds. The van der Waals surface area contributed by atoms with Gasteiger partial charge < -0.3 is 4.43 Å². The molecular formula is C12F28OSi. The van der Waals surface area contributed by atoms with Gasteiger partial charge in [0.2, 0.25) is 0 Å². The summed E-state index contributed by atoms with van der Waals surface area (Å²) in [6, 6.07) is 0. The fourth-order valence-corrected chi connectivity index (χ4v) is 4.15.